The quantitative estimate of drug-likeness (QED) is 0.858. The summed E-state index contributed by atoms with van der Waals surface area (Å²) >= 11 is 0. The number of hydrogen-bond acceptors (Lipinski definition) is 3. The molecule has 3 nitrogen and oxygen atoms in total. The standard InChI is InChI=1S/C13H18FNO2/c1-9(15)6-11-8-12(16-2)10(4-5-14)7-13(11)17-3/h4-5,7-9H,6,15H2,1-3H3/b5-4-. The Hall–Kier alpha value is -1.55. The third-order valence-corrected chi connectivity index (χ3v) is 2.42. The summed E-state index contributed by atoms with van der Waals surface area (Å²) in [6, 6.07) is 3.60. The number of ether oxygens (including phenoxy) is 2. The van der Waals surface area contributed by atoms with Gasteiger partial charge in [-0.25, -0.2) is 4.39 Å². The van der Waals surface area contributed by atoms with E-state index < -0.39 is 0 Å². The molecule has 0 bridgehead atoms. The molecule has 1 aromatic rings. The van der Waals surface area contributed by atoms with E-state index in [2.05, 4.69) is 0 Å². The molecule has 0 fully saturated rings. The largest absolute Gasteiger partial charge is 0.496 e. The van der Waals surface area contributed by atoms with Crippen LogP contribution in [0.5, 0.6) is 11.5 Å². The first-order valence-corrected chi connectivity index (χ1v) is 5.39. The van der Waals surface area contributed by atoms with Gasteiger partial charge >= 0.3 is 0 Å². The van der Waals surface area contributed by atoms with Gasteiger partial charge in [0.05, 0.1) is 20.5 Å². The Morgan fingerprint density at radius 1 is 1.29 bits per heavy atom. The lowest BCUT2D eigenvalue weighted by Crippen LogP contribution is -2.18. The van der Waals surface area contributed by atoms with Crippen molar-refractivity contribution in [1.29, 1.82) is 0 Å². The van der Waals surface area contributed by atoms with E-state index >= 15 is 0 Å². The molecule has 0 radical (unpaired) electrons. The average Bonchev–Trinajstić information content (AvgIpc) is 2.30. The van der Waals surface area contributed by atoms with Crippen LogP contribution in [-0.4, -0.2) is 20.3 Å². The predicted octanol–water partition coefficient (Wildman–Crippen LogP) is 2.53. The van der Waals surface area contributed by atoms with Crippen molar-refractivity contribution in [2.24, 2.45) is 5.73 Å². The molecule has 1 rings (SSSR count). The summed E-state index contributed by atoms with van der Waals surface area (Å²) in [7, 11) is 3.13. The van der Waals surface area contributed by atoms with Gasteiger partial charge in [-0.3, -0.25) is 0 Å². The van der Waals surface area contributed by atoms with Gasteiger partial charge in [-0.1, -0.05) is 0 Å². The normalized spacial score (nSPS) is 12.8. The van der Waals surface area contributed by atoms with Crippen molar-refractivity contribution in [3.8, 4) is 11.5 Å². The Morgan fingerprint density at radius 3 is 2.41 bits per heavy atom. The molecule has 1 atom stereocenters. The highest BCUT2D eigenvalue weighted by Gasteiger charge is 2.11. The Kier molecular flexibility index (Phi) is 4.97. The molecule has 0 amide bonds. The first kappa shape index (κ1) is 13.5. The smallest absolute Gasteiger partial charge is 0.126 e. The molecule has 94 valence electrons. The summed E-state index contributed by atoms with van der Waals surface area (Å²) in [4.78, 5) is 0. The lowest BCUT2D eigenvalue weighted by molar-refractivity contribution is 0.397. The number of nitrogens with two attached hydrogens (primary N) is 1. The zero-order chi connectivity index (χ0) is 12.8. The van der Waals surface area contributed by atoms with Crippen LogP contribution in [0.3, 0.4) is 0 Å². The molecule has 2 N–H and O–H groups in total. The molecule has 1 aromatic carbocycles. The van der Waals surface area contributed by atoms with Crippen LogP contribution in [0.15, 0.2) is 18.5 Å². The molecular weight excluding hydrogens is 221 g/mol. The van der Waals surface area contributed by atoms with Crippen LogP contribution in [-0.2, 0) is 6.42 Å². The van der Waals surface area contributed by atoms with Crippen LogP contribution in [0.2, 0.25) is 0 Å². The Labute approximate surface area is 101 Å². The van der Waals surface area contributed by atoms with Gasteiger partial charge in [0.2, 0.25) is 0 Å². The summed E-state index contributed by atoms with van der Waals surface area (Å²) in [5.41, 5.74) is 7.36. The van der Waals surface area contributed by atoms with E-state index in [4.69, 9.17) is 15.2 Å². The van der Waals surface area contributed by atoms with Gasteiger partial charge in [-0.2, -0.15) is 0 Å². The van der Waals surface area contributed by atoms with Crippen LogP contribution < -0.4 is 15.2 Å². The number of hydrogen-bond donors (Lipinski definition) is 1. The van der Waals surface area contributed by atoms with Crippen molar-refractivity contribution >= 4 is 6.08 Å². The highest BCUT2D eigenvalue weighted by molar-refractivity contribution is 5.61. The van der Waals surface area contributed by atoms with Crippen molar-refractivity contribution in [1.82, 2.24) is 0 Å². The molecule has 0 heterocycles. The van der Waals surface area contributed by atoms with Gasteiger partial charge in [-0.05, 0) is 37.1 Å². The second-order valence-electron chi connectivity index (χ2n) is 3.88. The van der Waals surface area contributed by atoms with Gasteiger partial charge in [-0.15, -0.1) is 0 Å². The van der Waals surface area contributed by atoms with E-state index in [1.165, 1.54) is 6.08 Å². The summed E-state index contributed by atoms with van der Waals surface area (Å²) in [5, 5.41) is 0. The topological polar surface area (TPSA) is 44.5 Å². The van der Waals surface area contributed by atoms with Crippen molar-refractivity contribution < 1.29 is 13.9 Å². The molecule has 0 saturated carbocycles. The van der Waals surface area contributed by atoms with Crippen LogP contribution in [0.1, 0.15) is 18.1 Å². The van der Waals surface area contributed by atoms with E-state index in [1.807, 2.05) is 13.0 Å². The molecule has 0 saturated heterocycles. The second kappa shape index (κ2) is 6.25. The Balaban J connectivity index is 3.22. The summed E-state index contributed by atoms with van der Waals surface area (Å²) in [6.07, 6.45) is 2.48. The maximum absolute atomic E-state index is 12.2. The summed E-state index contributed by atoms with van der Waals surface area (Å²) in [5.74, 6) is 1.30. The van der Waals surface area contributed by atoms with Gasteiger partial charge < -0.3 is 15.2 Å². The van der Waals surface area contributed by atoms with Crippen LogP contribution >= 0.6 is 0 Å². The maximum atomic E-state index is 12.2. The lowest BCUT2D eigenvalue weighted by atomic mass is 10.0. The van der Waals surface area contributed by atoms with Gasteiger partial charge in [0, 0.05) is 11.6 Å². The predicted molar refractivity (Wildman–Crippen MR) is 67.0 cm³/mol. The van der Waals surface area contributed by atoms with Crippen molar-refractivity contribution in [3.05, 3.63) is 29.6 Å². The third kappa shape index (κ3) is 3.46. The second-order valence-corrected chi connectivity index (χ2v) is 3.88. The van der Waals surface area contributed by atoms with Gasteiger partial charge in [0.1, 0.15) is 11.5 Å². The summed E-state index contributed by atoms with van der Waals surface area (Å²) in [6.45, 7) is 1.92. The number of benzene rings is 1. The van der Waals surface area contributed by atoms with E-state index in [9.17, 15) is 4.39 Å². The Morgan fingerprint density at radius 2 is 1.94 bits per heavy atom. The monoisotopic (exact) mass is 239 g/mol. The minimum Gasteiger partial charge on any atom is -0.496 e. The third-order valence-electron chi connectivity index (χ3n) is 2.42. The van der Waals surface area contributed by atoms with Gasteiger partial charge in [0.15, 0.2) is 0 Å². The minimum absolute atomic E-state index is 0.0242. The Bertz CT molecular complexity index is 403. The molecule has 0 aliphatic carbocycles. The van der Waals surface area contributed by atoms with Crippen LogP contribution in [0.25, 0.3) is 6.08 Å². The fourth-order valence-electron chi connectivity index (χ4n) is 1.69. The molecule has 1 unspecified atom stereocenters. The van der Waals surface area contributed by atoms with Crippen molar-refractivity contribution in [3.63, 3.8) is 0 Å². The van der Waals surface area contributed by atoms with Crippen LogP contribution in [0, 0.1) is 0 Å². The van der Waals surface area contributed by atoms with E-state index in [1.54, 1.807) is 20.3 Å². The lowest BCUT2D eigenvalue weighted by Gasteiger charge is -2.14. The molecule has 0 aromatic heterocycles. The number of rotatable bonds is 5. The maximum Gasteiger partial charge on any atom is 0.126 e. The van der Waals surface area contributed by atoms with E-state index in [0.29, 0.717) is 29.8 Å². The van der Waals surface area contributed by atoms with Crippen molar-refractivity contribution in [2.45, 2.75) is 19.4 Å². The highest BCUT2D eigenvalue weighted by atomic mass is 19.1. The number of methoxy groups -OCH3 is 2. The molecule has 4 heteroatoms. The number of halogens is 1. The zero-order valence-electron chi connectivity index (χ0n) is 10.4. The molecule has 0 aliphatic heterocycles. The molecular formula is C13H18FNO2. The van der Waals surface area contributed by atoms with E-state index in [0.717, 1.165) is 5.56 Å². The van der Waals surface area contributed by atoms with Crippen LogP contribution in [0.4, 0.5) is 4.39 Å². The summed E-state index contributed by atoms with van der Waals surface area (Å²) < 4.78 is 22.7. The fourth-order valence-corrected chi connectivity index (χ4v) is 1.69. The SMILES string of the molecule is COc1cc(CC(C)N)c(OC)cc1/C=C\F. The minimum atomic E-state index is 0.0242. The average molecular weight is 239 g/mol. The highest BCUT2D eigenvalue weighted by Crippen LogP contribution is 2.30. The molecule has 0 aliphatic rings. The van der Waals surface area contributed by atoms with E-state index in [-0.39, 0.29) is 6.04 Å². The zero-order valence-corrected chi connectivity index (χ0v) is 10.4. The first-order chi connectivity index (χ1) is 8.12. The van der Waals surface area contributed by atoms with Gasteiger partial charge in [0.25, 0.3) is 0 Å². The molecule has 17 heavy (non-hydrogen) atoms. The molecule has 0 spiro atoms. The fraction of sp³-hybridized carbons (Fsp3) is 0.385. The van der Waals surface area contributed by atoms with Crippen molar-refractivity contribution in [2.75, 3.05) is 14.2 Å². The first-order valence-electron chi connectivity index (χ1n) is 5.39.